The first kappa shape index (κ1) is 8.23. The van der Waals surface area contributed by atoms with Gasteiger partial charge in [-0.3, -0.25) is 9.67 Å². The molecule has 0 radical (unpaired) electrons. The molecule has 0 saturated heterocycles. The summed E-state index contributed by atoms with van der Waals surface area (Å²) in [7, 11) is 0. The SMILES string of the molecule is Cc1cc(-n2ccc3cccnc32)n[nH]1. The molecule has 1 N–H and O–H groups in total. The number of aryl methyl sites for hydroxylation is 1. The molecule has 0 unspecified atom stereocenters. The Labute approximate surface area is 86.6 Å². The number of pyridine rings is 1. The number of nitrogens with one attached hydrogen (secondary N) is 1. The zero-order valence-electron chi connectivity index (χ0n) is 8.31. The monoisotopic (exact) mass is 198 g/mol. The molecule has 0 amide bonds. The quantitative estimate of drug-likeness (QED) is 0.650. The number of hydrogen-bond acceptors (Lipinski definition) is 2. The van der Waals surface area contributed by atoms with E-state index < -0.39 is 0 Å². The molecule has 3 heterocycles. The maximum Gasteiger partial charge on any atom is 0.160 e. The van der Waals surface area contributed by atoms with Gasteiger partial charge in [0.05, 0.1) is 0 Å². The summed E-state index contributed by atoms with van der Waals surface area (Å²) in [5.74, 6) is 0.876. The average Bonchev–Trinajstić information content (AvgIpc) is 2.83. The number of rotatable bonds is 1. The highest BCUT2D eigenvalue weighted by Crippen LogP contribution is 2.16. The first-order chi connectivity index (χ1) is 7.34. The van der Waals surface area contributed by atoms with E-state index in [0.29, 0.717) is 0 Å². The van der Waals surface area contributed by atoms with Gasteiger partial charge in [0, 0.05) is 29.5 Å². The summed E-state index contributed by atoms with van der Waals surface area (Å²) in [6.07, 6.45) is 3.77. The van der Waals surface area contributed by atoms with Crippen LogP contribution in [0, 0.1) is 6.92 Å². The van der Waals surface area contributed by atoms with Crippen LogP contribution < -0.4 is 0 Å². The van der Waals surface area contributed by atoms with Crippen LogP contribution in [0.2, 0.25) is 0 Å². The van der Waals surface area contributed by atoms with Gasteiger partial charge in [-0.15, -0.1) is 0 Å². The fourth-order valence-electron chi connectivity index (χ4n) is 1.68. The molecule has 0 aliphatic heterocycles. The molecular weight excluding hydrogens is 188 g/mol. The van der Waals surface area contributed by atoms with Crippen LogP contribution in [0.25, 0.3) is 16.9 Å². The first-order valence-electron chi connectivity index (χ1n) is 4.79. The van der Waals surface area contributed by atoms with E-state index in [1.54, 1.807) is 6.20 Å². The minimum absolute atomic E-state index is 0.876. The van der Waals surface area contributed by atoms with Crippen molar-refractivity contribution < 1.29 is 0 Å². The van der Waals surface area contributed by atoms with E-state index in [-0.39, 0.29) is 0 Å². The van der Waals surface area contributed by atoms with Crippen LogP contribution in [0.3, 0.4) is 0 Å². The van der Waals surface area contributed by atoms with Crippen molar-refractivity contribution >= 4 is 11.0 Å². The average molecular weight is 198 g/mol. The van der Waals surface area contributed by atoms with Crippen LogP contribution in [0.1, 0.15) is 5.69 Å². The molecule has 3 aromatic rings. The molecule has 0 saturated carbocycles. The van der Waals surface area contributed by atoms with E-state index in [9.17, 15) is 0 Å². The topological polar surface area (TPSA) is 46.5 Å². The van der Waals surface area contributed by atoms with Crippen molar-refractivity contribution in [1.82, 2.24) is 19.7 Å². The highest BCUT2D eigenvalue weighted by atomic mass is 15.2. The van der Waals surface area contributed by atoms with Gasteiger partial charge in [-0.05, 0) is 25.1 Å². The van der Waals surface area contributed by atoms with Crippen molar-refractivity contribution in [1.29, 1.82) is 0 Å². The number of fused-ring (bicyclic) bond motifs is 1. The summed E-state index contributed by atoms with van der Waals surface area (Å²) in [6.45, 7) is 1.98. The van der Waals surface area contributed by atoms with Crippen molar-refractivity contribution in [2.24, 2.45) is 0 Å². The van der Waals surface area contributed by atoms with Gasteiger partial charge in [0.25, 0.3) is 0 Å². The van der Waals surface area contributed by atoms with Gasteiger partial charge in [0.1, 0.15) is 5.65 Å². The van der Waals surface area contributed by atoms with Gasteiger partial charge in [0.2, 0.25) is 0 Å². The van der Waals surface area contributed by atoms with E-state index in [1.807, 2.05) is 42.0 Å². The minimum atomic E-state index is 0.876. The lowest BCUT2D eigenvalue weighted by Gasteiger charge is -1.97. The Hall–Kier alpha value is -2.10. The third kappa shape index (κ3) is 1.22. The van der Waals surface area contributed by atoms with Crippen molar-refractivity contribution in [3.63, 3.8) is 0 Å². The smallest absolute Gasteiger partial charge is 0.160 e. The van der Waals surface area contributed by atoms with E-state index in [2.05, 4.69) is 15.2 Å². The van der Waals surface area contributed by atoms with Crippen LogP contribution in [0.4, 0.5) is 0 Å². The fraction of sp³-hybridized carbons (Fsp3) is 0.0909. The molecule has 0 fully saturated rings. The van der Waals surface area contributed by atoms with E-state index in [1.165, 1.54) is 0 Å². The lowest BCUT2D eigenvalue weighted by Crippen LogP contribution is -1.93. The van der Waals surface area contributed by atoms with Crippen LogP contribution in [-0.2, 0) is 0 Å². The zero-order chi connectivity index (χ0) is 10.3. The molecule has 15 heavy (non-hydrogen) atoms. The largest absolute Gasteiger partial charge is 0.284 e. The molecular formula is C11H10N4. The van der Waals surface area contributed by atoms with Crippen LogP contribution in [-0.4, -0.2) is 19.7 Å². The Morgan fingerprint density at radius 2 is 2.27 bits per heavy atom. The summed E-state index contributed by atoms with van der Waals surface area (Å²) in [5.41, 5.74) is 1.98. The van der Waals surface area contributed by atoms with Crippen LogP contribution >= 0.6 is 0 Å². The van der Waals surface area contributed by atoms with Crippen LogP contribution in [0.15, 0.2) is 36.7 Å². The number of H-pyrrole nitrogens is 1. The molecule has 0 atom stereocenters. The number of aromatic nitrogens is 4. The Morgan fingerprint density at radius 3 is 3.07 bits per heavy atom. The molecule has 4 nitrogen and oxygen atoms in total. The van der Waals surface area contributed by atoms with Gasteiger partial charge in [-0.2, -0.15) is 5.10 Å². The second kappa shape index (κ2) is 2.95. The highest BCUT2D eigenvalue weighted by Gasteiger charge is 2.05. The maximum absolute atomic E-state index is 4.34. The molecule has 74 valence electrons. The Bertz CT molecular complexity index is 606. The fourth-order valence-corrected chi connectivity index (χ4v) is 1.68. The summed E-state index contributed by atoms with van der Waals surface area (Å²) in [6, 6.07) is 8.00. The van der Waals surface area contributed by atoms with E-state index in [4.69, 9.17) is 0 Å². The van der Waals surface area contributed by atoms with Crippen LogP contribution in [0.5, 0.6) is 0 Å². The molecule has 3 aromatic heterocycles. The van der Waals surface area contributed by atoms with E-state index >= 15 is 0 Å². The minimum Gasteiger partial charge on any atom is -0.284 e. The molecule has 3 rings (SSSR count). The summed E-state index contributed by atoms with van der Waals surface area (Å²) in [4.78, 5) is 4.34. The second-order valence-corrected chi connectivity index (χ2v) is 3.51. The number of nitrogens with zero attached hydrogens (tertiary/aromatic N) is 3. The zero-order valence-corrected chi connectivity index (χ0v) is 8.31. The Morgan fingerprint density at radius 1 is 1.33 bits per heavy atom. The summed E-state index contributed by atoms with van der Waals surface area (Å²) in [5, 5.41) is 8.25. The number of aromatic amines is 1. The van der Waals surface area contributed by atoms with Gasteiger partial charge in [-0.25, -0.2) is 4.98 Å². The normalized spacial score (nSPS) is 11.0. The van der Waals surface area contributed by atoms with Crippen molar-refractivity contribution in [3.8, 4) is 5.82 Å². The molecule has 0 aliphatic rings. The Kier molecular flexibility index (Phi) is 1.62. The third-order valence-electron chi connectivity index (χ3n) is 2.39. The van der Waals surface area contributed by atoms with E-state index in [0.717, 1.165) is 22.5 Å². The lowest BCUT2D eigenvalue weighted by molar-refractivity contribution is 0.965. The molecule has 0 bridgehead atoms. The molecule has 0 aliphatic carbocycles. The highest BCUT2D eigenvalue weighted by molar-refractivity contribution is 5.77. The van der Waals surface area contributed by atoms with Gasteiger partial charge in [-0.1, -0.05) is 0 Å². The Balaban J connectivity index is 2.27. The summed E-state index contributed by atoms with van der Waals surface area (Å²) < 4.78 is 1.97. The third-order valence-corrected chi connectivity index (χ3v) is 2.39. The molecule has 0 aromatic carbocycles. The molecule has 4 heteroatoms. The second-order valence-electron chi connectivity index (χ2n) is 3.51. The molecule has 0 spiro atoms. The summed E-state index contributed by atoms with van der Waals surface area (Å²) >= 11 is 0. The van der Waals surface area contributed by atoms with Crippen molar-refractivity contribution in [2.45, 2.75) is 6.92 Å². The lowest BCUT2D eigenvalue weighted by atomic mass is 10.3. The van der Waals surface area contributed by atoms with Gasteiger partial charge in [0.15, 0.2) is 5.82 Å². The van der Waals surface area contributed by atoms with Crippen molar-refractivity contribution in [2.75, 3.05) is 0 Å². The number of hydrogen-bond donors (Lipinski definition) is 1. The predicted octanol–water partition coefficient (Wildman–Crippen LogP) is 2.06. The maximum atomic E-state index is 4.34. The predicted molar refractivity (Wildman–Crippen MR) is 58.0 cm³/mol. The first-order valence-corrected chi connectivity index (χ1v) is 4.79. The standard InChI is InChI=1S/C11H10N4/c1-8-7-10(14-13-8)15-6-4-9-3-2-5-12-11(9)15/h2-7H,1H3,(H,13,14). The van der Waals surface area contributed by atoms with Crippen molar-refractivity contribution in [3.05, 3.63) is 42.4 Å². The van der Waals surface area contributed by atoms with Gasteiger partial charge < -0.3 is 0 Å². The van der Waals surface area contributed by atoms with Gasteiger partial charge >= 0.3 is 0 Å².